The van der Waals surface area contributed by atoms with Crippen LogP contribution in [0.3, 0.4) is 0 Å². The van der Waals surface area contributed by atoms with E-state index in [1.54, 1.807) is 12.5 Å². The SMILES string of the molecule is CC1CN2CCCC2CN1c1ncncc1N. The summed E-state index contributed by atoms with van der Waals surface area (Å²) in [6.45, 7) is 5.66. The van der Waals surface area contributed by atoms with Gasteiger partial charge in [-0.15, -0.1) is 0 Å². The van der Waals surface area contributed by atoms with Crippen LogP contribution in [0.25, 0.3) is 0 Å². The summed E-state index contributed by atoms with van der Waals surface area (Å²) < 4.78 is 0. The average Bonchev–Trinajstić information content (AvgIpc) is 2.76. The minimum atomic E-state index is 0.474. The third kappa shape index (κ3) is 1.84. The Balaban J connectivity index is 1.85. The first-order valence-electron chi connectivity index (χ1n) is 6.32. The fraction of sp³-hybridized carbons (Fsp3) is 0.667. The molecule has 3 heterocycles. The molecule has 2 saturated heterocycles. The molecule has 0 bridgehead atoms. The quantitative estimate of drug-likeness (QED) is 0.775. The third-order valence-electron chi connectivity index (χ3n) is 3.93. The van der Waals surface area contributed by atoms with Crippen LogP contribution >= 0.6 is 0 Å². The lowest BCUT2D eigenvalue weighted by Crippen LogP contribution is -2.55. The molecule has 2 fully saturated rings. The van der Waals surface area contributed by atoms with E-state index in [0.717, 1.165) is 18.9 Å². The van der Waals surface area contributed by atoms with Crippen molar-refractivity contribution in [1.29, 1.82) is 0 Å². The molecule has 1 aromatic heterocycles. The zero-order valence-electron chi connectivity index (χ0n) is 10.2. The van der Waals surface area contributed by atoms with Crippen LogP contribution in [0.1, 0.15) is 19.8 Å². The van der Waals surface area contributed by atoms with Crippen LogP contribution in [0.2, 0.25) is 0 Å². The van der Waals surface area contributed by atoms with Gasteiger partial charge in [0, 0.05) is 25.2 Å². The van der Waals surface area contributed by atoms with E-state index >= 15 is 0 Å². The lowest BCUT2D eigenvalue weighted by Gasteiger charge is -2.43. The van der Waals surface area contributed by atoms with Crippen molar-refractivity contribution in [3.63, 3.8) is 0 Å². The highest BCUT2D eigenvalue weighted by atomic mass is 15.3. The molecule has 0 saturated carbocycles. The number of piperazine rings is 1. The van der Waals surface area contributed by atoms with Crippen molar-refractivity contribution >= 4 is 11.5 Å². The van der Waals surface area contributed by atoms with Crippen LogP contribution in [0.4, 0.5) is 11.5 Å². The summed E-state index contributed by atoms with van der Waals surface area (Å²) in [7, 11) is 0. The van der Waals surface area contributed by atoms with Gasteiger partial charge < -0.3 is 10.6 Å². The van der Waals surface area contributed by atoms with E-state index in [1.807, 2.05) is 0 Å². The first kappa shape index (κ1) is 10.8. The van der Waals surface area contributed by atoms with E-state index in [1.165, 1.54) is 19.4 Å². The fourth-order valence-electron chi connectivity index (χ4n) is 3.06. The molecule has 5 heteroatoms. The number of anilines is 2. The van der Waals surface area contributed by atoms with Crippen molar-refractivity contribution in [1.82, 2.24) is 14.9 Å². The number of hydrogen-bond donors (Lipinski definition) is 1. The Bertz CT molecular complexity index is 408. The van der Waals surface area contributed by atoms with Crippen molar-refractivity contribution in [2.45, 2.75) is 31.8 Å². The van der Waals surface area contributed by atoms with Crippen molar-refractivity contribution in [3.05, 3.63) is 12.5 Å². The third-order valence-corrected chi connectivity index (χ3v) is 3.93. The first-order valence-corrected chi connectivity index (χ1v) is 6.32. The van der Waals surface area contributed by atoms with E-state index in [-0.39, 0.29) is 0 Å². The molecule has 2 unspecified atom stereocenters. The lowest BCUT2D eigenvalue weighted by molar-refractivity contribution is 0.202. The molecule has 0 aromatic carbocycles. The number of rotatable bonds is 1. The Hall–Kier alpha value is -1.36. The molecule has 0 radical (unpaired) electrons. The highest BCUT2D eigenvalue weighted by Gasteiger charge is 2.35. The van der Waals surface area contributed by atoms with Gasteiger partial charge in [0.25, 0.3) is 0 Å². The molecule has 2 atom stereocenters. The standard InChI is InChI=1S/C12H19N5/c1-9-6-16-4-2-3-10(16)7-17(9)12-11(13)5-14-8-15-12/h5,8-10H,2-4,6-7,13H2,1H3. The van der Waals surface area contributed by atoms with Crippen LogP contribution < -0.4 is 10.6 Å². The summed E-state index contributed by atoms with van der Waals surface area (Å²) in [5.74, 6) is 0.902. The summed E-state index contributed by atoms with van der Waals surface area (Å²) in [5, 5.41) is 0. The molecule has 0 aliphatic carbocycles. The molecule has 0 spiro atoms. The lowest BCUT2D eigenvalue weighted by atomic mass is 10.1. The van der Waals surface area contributed by atoms with Gasteiger partial charge in [-0.25, -0.2) is 9.97 Å². The van der Waals surface area contributed by atoms with Crippen LogP contribution in [-0.2, 0) is 0 Å². The smallest absolute Gasteiger partial charge is 0.155 e. The van der Waals surface area contributed by atoms with Crippen molar-refractivity contribution < 1.29 is 0 Å². The molecular formula is C12H19N5. The largest absolute Gasteiger partial charge is 0.394 e. The molecule has 2 aliphatic rings. The van der Waals surface area contributed by atoms with E-state index in [4.69, 9.17) is 5.73 Å². The van der Waals surface area contributed by atoms with Gasteiger partial charge in [0.05, 0.1) is 11.9 Å². The maximum atomic E-state index is 5.97. The molecule has 2 N–H and O–H groups in total. The van der Waals surface area contributed by atoms with Gasteiger partial charge in [0.2, 0.25) is 0 Å². The zero-order chi connectivity index (χ0) is 11.8. The minimum Gasteiger partial charge on any atom is -0.394 e. The van der Waals surface area contributed by atoms with Crippen LogP contribution in [0.5, 0.6) is 0 Å². The number of fused-ring (bicyclic) bond motifs is 1. The maximum absolute atomic E-state index is 5.97. The molecule has 3 rings (SSSR count). The van der Waals surface area contributed by atoms with E-state index in [9.17, 15) is 0 Å². The monoisotopic (exact) mass is 233 g/mol. The Labute approximate surface area is 102 Å². The predicted molar refractivity (Wildman–Crippen MR) is 67.8 cm³/mol. The summed E-state index contributed by atoms with van der Waals surface area (Å²) in [6.07, 6.45) is 5.90. The van der Waals surface area contributed by atoms with Gasteiger partial charge in [-0.1, -0.05) is 0 Å². The van der Waals surface area contributed by atoms with Crippen LogP contribution in [0.15, 0.2) is 12.5 Å². The predicted octanol–water partition coefficient (Wildman–Crippen LogP) is 0.732. The van der Waals surface area contributed by atoms with Crippen molar-refractivity contribution in [2.75, 3.05) is 30.3 Å². The van der Waals surface area contributed by atoms with E-state index in [2.05, 4.69) is 26.7 Å². The summed E-state index contributed by atoms with van der Waals surface area (Å²) >= 11 is 0. The summed E-state index contributed by atoms with van der Waals surface area (Å²) in [4.78, 5) is 13.2. The Kier molecular flexibility index (Phi) is 2.63. The maximum Gasteiger partial charge on any atom is 0.155 e. The van der Waals surface area contributed by atoms with Gasteiger partial charge in [-0.05, 0) is 26.3 Å². The number of hydrogen-bond acceptors (Lipinski definition) is 5. The van der Waals surface area contributed by atoms with Crippen molar-refractivity contribution in [2.24, 2.45) is 0 Å². The minimum absolute atomic E-state index is 0.474. The number of nitrogen functional groups attached to an aromatic ring is 1. The van der Waals surface area contributed by atoms with E-state index < -0.39 is 0 Å². The van der Waals surface area contributed by atoms with Gasteiger partial charge in [0.15, 0.2) is 5.82 Å². The van der Waals surface area contributed by atoms with Gasteiger partial charge >= 0.3 is 0 Å². The molecular weight excluding hydrogens is 214 g/mol. The van der Waals surface area contributed by atoms with Crippen molar-refractivity contribution in [3.8, 4) is 0 Å². The van der Waals surface area contributed by atoms with Gasteiger partial charge in [-0.2, -0.15) is 0 Å². The number of nitrogens with two attached hydrogens (primary N) is 1. The molecule has 1 aromatic rings. The van der Waals surface area contributed by atoms with E-state index in [0.29, 0.717) is 17.8 Å². The topological polar surface area (TPSA) is 58.3 Å². The van der Waals surface area contributed by atoms with Crippen LogP contribution in [0, 0.1) is 0 Å². The highest BCUT2D eigenvalue weighted by molar-refractivity contribution is 5.61. The Morgan fingerprint density at radius 1 is 1.41 bits per heavy atom. The second-order valence-electron chi connectivity index (χ2n) is 5.09. The molecule has 5 nitrogen and oxygen atoms in total. The highest BCUT2D eigenvalue weighted by Crippen LogP contribution is 2.29. The Morgan fingerprint density at radius 3 is 3.12 bits per heavy atom. The zero-order valence-corrected chi connectivity index (χ0v) is 10.2. The normalized spacial score (nSPS) is 29.4. The van der Waals surface area contributed by atoms with Gasteiger partial charge in [0.1, 0.15) is 6.33 Å². The second-order valence-corrected chi connectivity index (χ2v) is 5.09. The summed E-state index contributed by atoms with van der Waals surface area (Å²) in [5.41, 5.74) is 6.66. The first-order chi connectivity index (χ1) is 8.25. The molecule has 17 heavy (non-hydrogen) atoms. The van der Waals surface area contributed by atoms with Crippen LogP contribution in [-0.4, -0.2) is 46.6 Å². The fourth-order valence-corrected chi connectivity index (χ4v) is 3.06. The second kappa shape index (κ2) is 4.14. The van der Waals surface area contributed by atoms with Gasteiger partial charge in [-0.3, -0.25) is 4.90 Å². The Morgan fingerprint density at radius 2 is 2.29 bits per heavy atom. The number of nitrogens with zero attached hydrogens (tertiary/aromatic N) is 4. The molecule has 2 aliphatic heterocycles. The number of aromatic nitrogens is 2. The average molecular weight is 233 g/mol. The summed E-state index contributed by atoms with van der Waals surface area (Å²) in [6, 6.07) is 1.15. The molecule has 0 amide bonds. The molecule has 92 valence electrons.